The van der Waals surface area contributed by atoms with Gasteiger partial charge in [-0.05, 0) is 34.1 Å². The van der Waals surface area contributed by atoms with Crippen LogP contribution >= 0.6 is 27.5 Å². The van der Waals surface area contributed by atoms with Crippen LogP contribution in [0.25, 0.3) is 0 Å². The number of nitrogens with zero attached hydrogens (tertiary/aromatic N) is 1. The third-order valence-corrected chi connectivity index (χ3v) is 3.21. The van der Waals surface area contributed by atoms with Crippen molar-refractivity contribution in [2.75, 3.05) is 12.4 Å². The van der Waals surface area contributed by atoms with Gasteiger partial charge in [0.25, 0.3) is 5.91 Å². The van der Waals surface area contributed by atoms with Gasteiger partial charge >= 0.3 is 0 Å². The molecule has 1 amide bonds. The van der Waals surface area contributed by atoms with E-state index in [0.717, 1.165) is 0 Å². The third-order valence-electron chi connectivity index (χ3n) is 2.47. The predicted octanol–water partition coefficient (Wildman–Crippen LogP) is 3.90. The molecule has 0 aliphatic heterocycles. The van der Waals surface area contributed by atoms with Crippen LogP contribution in [0, 0.1) is 5.82 Å². The first-order chi connectivity index (χ1) is 9.51. The smallest absolute Gasteiger partial charge is 0.258 e. The Bertz CT molecular complexity index is 667. The van der Waals surface area contributed by atoms with Crippen molar-refractivity contribution in [2.45, 2.75) is 0 Å². The summed E-state index contributed by atoms with van der Waals surface area (Å²) in [7, 11) is 1.45. The molecule has 0 radical (unpaired) electrons. The minimum atomic E-state index is -0.571. The Hall–Kier alpha value is -1.66. The summed E-state index contributed by atoms with van der Waals surface area (Å²) < 4.78 is 19.2. The summed E-state index contributed by atoms with van der Waals surface area (Å²) >= 11 is 9.04. The molecule has 1 aromatic heterocycles. The maximum atomic E-state index is 13.6. The van der Waals surface area contributed by atoms with Gasteiger partial charge in [0.1, 0.15) is 16.7 Å². The number of aromatic nitrogens is 1. The molecule has 2 rings (SSSR count). The summed E-state index contributed by atoms with van der Waals surface area (Å²) in [5.41, 5.74) is 0.147. The van der Waals surface area contributed by atoms with Crippen LogP contribution < -0.4 is 10.1 Å². The molecule has 0 saturated heterocycles. The first kappa shape index (κ1) is 14.7. The number of benzene rings is 1. The summed E-state index contributed by atoms with van der Waals surface area (Å²) in [5.74, 6) is -0.700. The van der Waals surface area contributed by atoms with E-state index in [0.29, 0.717) is 10.2 Å². The summed E-state index contributed by atoms with van der Waals surface area (Å²) in [4.78, 5) is 15.9. The number of pyridine rings is 1. The molecular formula is C13H9BrClFN2O2. The van der Waals surface area contributed by atoms with Crippen molar-refractivity contribution < 1.29 is 13.9 Å². The highest BCUT2D eigenvalue weighted by atomic mass is 79.9. The van der Waals surface area contributed by atoms with Crippen molar-refractivity contribution in [1.29, 1.82) is 0 Å². The Balaban J connectivity index is 2.30. The Morgan fingerprint density at radius 3 is 2.90 bits per heavy atom. The van der Waals surface area contributed by atoms with Gasteiger partial charge < -0.3 is 10.1 Å². The minimum Gasteiger partial charge on any atom is -0.497 e. The number of nitrogens with one attached hydrogen (secondary N) is 1. The van der Waals surface area contributed by atoms with E-state index in [-0.39, 0.29) is 16.4 Å². The molecule has 0 fully saturated rings. The number of methoxy groups -OCH3 is 1. The van der Waals surface area contributed by atoms with E-state index >= 15 is 0 Å². The van der Waals surface area contributed by atoms with Crippen LogP contribution in [0.2, 0.25) is 5.15 Å². The normalized spacial score (nSPS) is 10.2. The summed E-state index contributed by atoms with van der Waals surface area (Å²) in [6.45, 7) is 0. The largest absolute Gasteiger partial charge is 0.497 e. The number of carbonyl (C=O) groups is 1. The van der Waals surface area contributed by atoms with Gasteiger partial charge in [-0.2, -0.15) is 0 Å². The zero-order valence-corrected chi connectivity index (χ0v) is 12.6. The fourth-order valence-electron chi connectivity index (χ4n) is 1.50. The van der Waals surface area contributed by atoms with Crippen molar-refractivity contribution >= 4 is 39.1 Å². The topological polar surface area (TPSA) is 51.2 Å². The summed E-state index contributed by atoms with van der Waals surface area (Å²) in [6.07, 6.45) is 1.46. The minimum absolute atomic E-state index is 0.00499. The molecule has 0 aliphatic rings. The van der Waals surface area contributed by atoms with Gasteiger partial charge in [-0.25, -0.2) is 9.37 Å². The Labute approximate surface area is 128 Å². The summed E-state index contributed by atoms with van der Waals surface area (Å²) in [6, 6.07) is 5.54. The Morgan fingerprint density at radius 2 is 2.20 bits per heavy atom. The van der Waals surface area contributed by atoms with Gasteiger partial charge in [0.05, 0.1) is 18.4 Å². The lowest BCUT2D eigenvalue weighted by molar-refractivity contribution is 0.102. The molecule has 0 unspecified atom stereocenters. The zero-order valence-electron chi connectivity index (χ0n) is 10.3. The van der Waals surface area contributed by atoms with Gasteiger partial charge in [-0.1, -0.05) is 11.6 Å². The van der Waals surface area contributed by atoms with Crippen LogP contribution in [0.5, 0.6) is 5.75 Å². The monoisotopic (exact) mass is 358 g/mol. The lowest BCUT2D eigenvalue weighted by atomic mass is 10.2. The van der Waals surface area contributed by atoms with Crippen LogP contribution in [0.15, 0.2) is 34.9 Å². The number of amides is 1. The predicted molar refractivity (Wildman–Crippen MR) is 77.9 cm³/mol. The average molecular weight is 360 g/mol. The molecule has 0 aliphatic carbocycles. The molecular weight excluding hydrogens is 351 g/mol. The molecule has 1 heterocycles. The van der Waals surface area contributed by atoms with E-state index in [4.69, 9.17) is 16.3 Å². The van der Waals surface area contributed by atoms with E-state index < -0.39 is 11.7 Å². The lowest BCUT2D eigenvalue weighted by Gasteiger charge is -2.09. The summed E-state index contributed by atoms with van der Waals surface area (Å²) in [5, 5.41) is 2.47. The fraction of sp³-hybridized carbons (Fsp3) is 0.0769. The second-order valence-corrected chi connectivity index (χ2v) is 5.07. The first-order valence-corrected chi connectivity index (χ1v) is 6.64. The maximum absolute atomic E-state index is 13.6. The second-order valence-electron chi connectivity index (χ2n) is 3.79. The number of ether oxygens (including phenoxy) is 1. The fourth-order valence-corrected chi connectivity index (χ4v) is 2.02. The zero-order chi connectivity index (χ0) is 14.7. The van der Waals surface area contributed by atoms with Gasteiger partial charge in [-0.15, -0.1) is 0 Å². The second kappa shape index (κ2) is 6.19. The Kier molecular flexibility index (Phi) is 4.57. The van der Waals surface area contributed by atoms with E-state index in [1.54, 1.807) is 0 Å². The van der Waals surface area contributed by atoms with Crippen LogP contribution in [-0.4, -0.2) is 18.0 Å². The molecule has 0 spiro atoms. The average Bonchev–Trinajstić information content (AvgIpc) is 2.43. The number of carbonyl (C=O) groups excluding carboxylic acids is 1. The molecule has 20 heavy (non-hydrogen) atoms. The Morgan fingerprint density at radius 1 is 1.45 bits per heavy atom. The third kappa shape index (κ3) is 3.26. The van der Waals surface area contributed by atoms with Crippen LogP contribution in [0.1, 0.15) is 10.4 Å². The number of anilines is 1. The van der Waals surface area contributed by atoms with Crippen molar-refractivity contribution in [3.05, 3.63) is 51.5 Å². The van der Waals surface area contributed by atoms with Crippen LogP contribution in [-0.2, 0) is 0 Å². The van der Waals surface area contributed by atoms with Gasteiger partial charge in [0.2, 0.25) is 0 Å². The molecule has 1 N–H and O–H groups in total. The quantitative estimate of drug-likeness (QED) is 0.846. The molecule has 1 aromatic carbocycles. The molecule has 0 bridgehead atoms. The lowest BCUT2D eigenvalue weighted by Crippen LogP contribution is -2.14. The molecule has 0 saturated carbocycles. The SMILES string of the molecule is COc1ccc(F)c(NC(=O)c2cc(Br)cnc2Cl)c1. The molecule has 7 heteroatoms. The van der Waals surface area contributed by atoms with E-state index in [2.05, 4.69) is 26.2 Å². The molecule has 0 atom stereocenters. The molecule has 104 valence electrons. The van der Waals surface area contributed by atoms with Crippen LogP contribution in [0.3, 0.4) is 0 Å². The van der Waals surface area contributed by atoms with E-state index in [1.165, 1.54) is 37.6 Å². The standard InChI is InChI=1S/C13H9BrClFN2O2/c1-20-8-2-3-10(16)11(5-8)18-13(19)9-4-7(14)6-17-12(9)15/h2-6H,1H3,(H,18,19). The number of hydrogen-bond donors (Lipinski definition) is 1. The maximum Gasteiger partial charge on any atom is 0.258 e. The number of hydrogen-bond acceptors (Lipinski definition) is 3. The highest BCUT2D eigenvalue weighted by molar-refractivity contribution is 9.10. The van der Waals surface area contributed by atoms with Crippen LogP contribution in [0.4, 0.5) is 10.1 Å². The molecule has 2 aromatic rings. The van der Waals surface area contributed by atoms with Gasteiger partial charge in [0.15, 0.2) is 0 Å². The van der Waals surface area contributed by atoms with E-state index in [1.807, 2.05) is 0 Å². The first-order valence-electron chi connectivity index (χ1n) is 5.47. The highest BCUT2D eigenvalue weighted by Crippen LogP contribution is 2.23. The molecule has 4 nitrogen and oxygen atoms in total. The van der Waals surface area contributed by atoms with Gasteiger partial charge in [0, 0.05) is 16.7 Å². The van der Waals surface area contributed by atoms with Crippen molar-refractivity contribution in [1.82, 2.24) is 4.98 Å². The van der Waals surface area contributed by atoms with E-state index in [9.17, 15) is 9.18 Å². The number of halogens is 3. The number of rotatable bonds is 3. The van der Waals surface area contributed by atoms with Gasteiger partial charge in [-0.3, -0.25) is 4.79 Å². The van der Waals surface area contributed by atoms with Crippen molar-refractivity contribution in [2.24, 2.45) is 0 Å². The van der Waals surface area contributed by atoms with Crippen molar-refractivity contribution in [3.63, 3.8) is 0 Å². The highest BCUT2D eigenvalue weighted by Gasteiger charge is 2.14. The van der Waals surface area contributed by atoms with Crippen molar-refractivity contribution in [3.8, 4) is 5.75 Å².